The summed E-state index contributed by atoms with van der Waals surface area (Å²) in [5, 5.41) is 3.74. The molecule has 3 aromatic rings. The molecule has 1 saturated heterocycles. The number of amides is 2. The van der Waals surface area contributed by atoms with Gasteiger partial charge in [0.2, 0.25) is 5.91 Å². The van der Waals surface area contributed by atoms with Crippen molar-refractivity contribution in [3.8, 4) is 10.8 Å². The van der Waals surface area contributed by atoms with Gasteiger partial charge in [0, 0.05) is 13.1 Å². The minimum atomic E-state index is -0.350. The maximum absolute atomic E-state index is 12.5. The molecule has 4 rings (SSSR count). The third kappa shape index (κ3) is 4.42. The predicted octanol–water partition coefficient (Wildman–Crippen LogP) is 4.04. The number of ether oxygens (including phenoxy) is 1. The Bertz CT molecular complexity index is 979. The molecule has 8 heteroatoms. The van der Waals surface area contributed by atoms with E-state index in [2.05, 4.69) is 10.3 Å². The number of nitrogens with zero attached hydrogens (tertiary/aromatic N) is 2. The quantitative estimate of drug-likeness (QED) is 0.682. The van der Waals surface area contributed by atoms with Gasteiger partial charge in [-0.05, 0) is 44.0 Å². The van der Waals surface area contributed by atoms with E-state index >= 15 is 0 Å². The smallest absolute Gasteiger partial charge is 0.409 e. The maximum Gasteiger partial charge on any atom is 0.409 e. The summed E-state index contributed by atoms with van der Waals surface area (Å²) >= 11 is 1.58. The molecule has 0 bridgehead atoms. The molecule has 2 aromatic heterocycles. The Hall–Kier alpha value is -2.87. The minimum absolute atomic E-state index is 0.0723. The van der Waals surface area contributed by atoms with Gasteiger partial charge in [0.25, 0.3) is 0 Å². The molecule has 1 aromatic carbocycles. The zero-order valence-electron chi connectivity index (χ0n) is 16.2. The number of fused-ring (bicyclic) bond motifs is 1. The summed E-state index contributed by atoms with van der Waals surface area (Å²) < 4.78 is 12.0. The van der Waals surface area contributed by atoms with E-state index in [1.165, 1.54) is 0 Å². The summed E-state index contributed by atoms with van der Waals surface area (Å²) in [5.74, 6) is 1.07. The average molecular weight is 413 g/mol. The van der Waals surface area contributed by atoms with E-state index in [9.17, 15) is 9.59 Å². The minimum Gasteiger partial charge on any atom is -0.457 e. The third-order valence-corrected chi connectivity index (χ3v) is 5.97. The standard InChI is InChI=1S/C21H23N3O4S/c1-2-27-21(26)24-11-5-6-14(13-24)19(25)22-12-15-9-10-17(28-15)20-23-16-7-3-4-8-18(16)29-20/h3-4,7-10,14H,2,5-6,11-13H2,1H3,(H,22,25)/t14-/m0/s1. The van der Waals surface area contributed by atoms with Gasteiger partial charge in [-0.15, -0.1) is 11.3 Å². The molecule has 0 unspecified atom stereocenters. The molecule has 29 heavy (non-hydrogen) atoms. The summed E-state index contributed by atoms with van der Waals surface area (Å²) in [6.07, 6.45) is 1.20. The molecule has 1 aliphatic rings. The van der Waals surface area contributed by atoms with Crippen molar-refractivity contribution in [3.63, 3.8) is 0 Å². The Morgan fingerprint density at radius 3 is 3.00 bits per heavy atom. The predicted molar refractivity (Wildman–Crippen MR) is 110 cm³/mol. The molecule has 1 aliphatic heterocycles. The highest BCUT2D eigenvalue weighted by Crippen LogP contribution is 2.31. The van der Waals surface area contributed by atoms with Crippen molar-refractivity contribution in [2.45, 2.75) is 26.3 Å². The van der Waals surface area contributed by atoms with Crippen LogP contribution in [0.1, 0.15) is 25.5 Å². The summed E-state index contributed by atoms with van der Waals surface area (Å²) in [6.45, 7) is 3.44. The number of aromatic nitrogens is 1. The number of rotatable bonds is 5. The molecular weight excluding hydrogens is 390 g/mol. The van der Waals surface area contributed by atoms with Crippen molar-refractivity contribution < 1.29 is 18.7 Å². The highest BCUT2D eigenvalue weighted by atomic mass is 32.1. The average Bonchev–Trinajstić information content (AvgIpc) is 3.39. The molecule has 0 aliphatic carbocycles. The molecule has 7 nitrogen and oxygen atoms in total. The van der Waals surface area contributed by atoms with Gasteiger partial charge >= 0.3 is 6.09 Å². The van der Waals surface area contributed by atoms with Gasteiger partial charge in [-0.3, -0.25) is 4.79 Å². The zero-order valence-corrected chi connectivity index (χ0v) is 17.0. The van der Waals surface area contributed by atoms with Crippen LogP contribution in [0.15, 0.2) is 40.8 Å². The number of carbonyl (C=O) groups excluding carboxylic acids is 2. The Balaban J connectivity index is 1.34. The molecule has 0 radical (unpaired) electrons. The molecule has 1 N–H and O–H groups in total. The van der Waals surface area contributed by atoms with Crippen LogP contribution in [0.2, 0.25) is 0 Å². The normalized spacial score (nSPS) is 16.7. The molecule has 0 saturated carbocycles. The fourth-order valence-electron chi connectivity index (χ4n) is 3.46. The molecule has 0 spiro atoms. The summed E-state index contributed by atoms with van der Waals surface area (Å²) in [4.78, 5) is 30.6. The van der Waals surface area contributed by atoms with Crippen molar-refractivity contribution in [2.24, 2.45) is 5.92 Å². The van der Waals surface area contributed by atoms with E-state index in [0.717, 1.165) is 28.1 Å². The SMILES string of the molecule is CCOC(=O)N1CCC[C@H](C(=O)NCc2ccc(-c3nc4ccccc4s3)o2)C1. The second-order valence-electron chi connectivity index (χ2n) is 6.95. The van der Waals surface area contributed by atoms with Crippen LogP contribution in [0.5, 0.6) is 0 Å². The van der Waals surface area contributed by atoms with Gasteiger partial charge in [-0.25, -0.2) is 9.78 Å². The largest absolute Gasteiger partial charge is 0.457 e. The Kier molecular flexibility index (Phi) is 5.80. The van der Waals surface area contributed by atoms with E-state index < -0.39 is 0 Å². The lowest BCUT2D eigenvalue weighted by atomic mass is 9.97. The number of nitrogens with one attached hydrogen (secondary N) is 1. The molecular formula is C21H23N3O4S. The number of hydrogen-bond acceptors (Lipinski definition) is 6. The zero-order chi connectivity index (χ0) is 20.2. The van der Waals surface area contributed by atoms with Crippen LogP contribution < -0.4 is 5.32 Å². The Labute approximate surface area is 172 Å². The molecule has 152 valence electrons. The van der Waals surface area contributed by atoms with Gasteiger partial charge in [-0.2, -0.15) is 0 Å². The molecule has 1 atom stereocenters. The maximum atomic E-state index is 12.5. The number of furan rings is 1. The topological polar surface area (TPSA) is 84.7 Å². The number of piperidine rings is 1. The number of carbonyl (C=O) groups is 2. The first-order valence-corrected chi connectivity index (χ1v) is 10.6. The van der Waals surface area contributed by atoms with E-state index in [0.29, 0.717) is 37.8 Å². The Morgan fingerprint density at radius 2 is 2.17 bits per heavy atom. The van der Waals surface area contributed by atoms with E-state index in [1.54, 1.807) is 23.2 Å². The number of benzene rings is 1. The highest BCUT2D eigenvalue weighted by molar-refractivity contribution is 7.21. The first-order chi connectivity index (χ1) is 14.1. The summed E-state index contributed by atoms with van der Waals surface area (Å²) in [6, 6.07) is 11.7. The molecule has 3 heterocycles. The lowest BCUT2D eigenvalue weighted by Gasteiger charge is -2.31. The summed E-state index contributed by atoms with van der Waals surface area (Å²) in [5.41, 5.74) is 0.946. The van der Waals surface area contributed by atoms with Crippen LogP contribution in [0.25, 0.3) is 21.0 Å². The van der Waals surface area contributed by atoms with Crippen LogP contribution in [0.4, 0.5) is 4.79 Å². The van der Waals surface area contributed by atoms with E-state index in [-0.39, 0.29) is 17.9 Å². The lowest BCUT2D eigenvalue weighted by Crippen LogP contribution is -2.45. The fraction of sp³-hybridized carbons (Fsp3) is 0.381. The molecule has 2 amide bonds. The van der Waals surface area contributed by atoms with Crippen LogP contribution in [-0.4, -0.2) is 41.6 Å². The van der Waals surface area contributed by atoms with Crippen molar-refractivity contribution in [2.75, 3.05) is 19.7 Å². The third-order valence-electron chi connectivity index (χ3n) is 4.92. The van der Waals surface area contributed by atoms with Crippen molar-refractivity contribution >= 4 is 33.6 Å². The molecule has 1 fully saturated rings. The Morgan fingerprint density at radius 1 is 1.31 bits per heavy atom. The van der Waals surface area contributed by atoms with Crippen molar-refractivity contribution in [1.82, 2.24) is 15.2 Å². The van der Waals surface area contributed by atoms with Crippen LogP contribution in [0, 0.1) is 5.92 Å². The monoisotopic (exact) mass is 413 g/mol. The second kappa shape index (κ2) is 8.65. The van der Waals surface area contributed by atoms with Gasteiger partial charge in [-0.1, -0.05) is 12.1 Å². The van der Waals surface area contributed by atoms with E-state index in [4.69, 9.17) is 9.15 Å². The van der Waals surface area contributed by atoms with E-state index in [1.807, 2.05) is 36.4 Å². The lowest BCUT2D eigenvalue weighted by molar-refractivity contribution is -0.126. The first-order valence-electron chi connectivity index (χ1n) is 9.78. The first kappa shape index (κ1) is 19.4. The van der Waals surface area contributed by atoms with Crippen LogP contribution in [-0.2, 0) is 16.1 Å². The van der Waals surface area contributed by atoms with Gasteiger partial charge in [0.15, 0.2) is 10.8 Å². The van der Waals surface area contributed by atoms with Gasteiger partial charge < -0.3 is 19.4 Å². The highest BCUT2D eigenvalue weighted by Gasteiger charge is 2.29. The van der Waals surface area contributed by atoms with Crippen molar-refractivity contribution in [3.05, 3.63) is 42.2 Å². The number of hydrogen-bond donors (Lipinski definition) is 1. The van der Waals surface area contributed by atoms with Crippen LogP contribution in [0.3, 0.4) is 0 Å². The van der Waals surface area contributed by atoms with Gasteiger partial charge in [0.05, 0.1) is 29.3 Å². The second-order valence-corrected chi connectivity index (χ2v) is 7.99. The van der Waals surface area contributed by atoms with Gasteiger partial charge in [0.1, 0.15) is 5.76 Å². The van der Waals surface area contributed by atoms with Crippen LogP contribution >= 0.6 is 11.3 Å². The number of thiazole rings is 1. The summed E-state index contributed by atoms with van der Waals surface area (Å²) in [7, 11) is 0. The number of para-hydroxylation sites is 1. The number of likely N-dealkylation sites (tertiary alicyclic amines) is 1. The van der Waals surface area contributed by atoms with Crippen molar-refractivity contribution in [1.29, 1.82) is 0 Å². The fourth-order valence-corrected chi connectivity index (χ4v) is 4.38.